The number of nitrogens with zero attached hydrogens (tertiary/aromatic N) is 1. The van der Waals surface area contributed by atoms with Gasteiger partial charge in [-0.1, -0.05) is 25.0 Å². The maximum atomic E-state index is 17.5. The molecule has 0 aromatic rings. The highest BCUT2D eigenvalue weighted by molar-refractivity contribution is 6.01. The molecule has 0 spiro atoms. The van der Waals surface area contributed by atoms with Crippen LogP contribution in [0.5, 0.6) is 0 Å². The van der Waals surface area contributed by atoms with Gasteiger partial charge < -0.3 is 29.5 Å². The number of esters is 1. The normalized spacial score (nSPS) is 38.5. The Morgan fingerprint density at radius 3 is 2.63 bits per heavy atom. The minimum absolute atomic E-state index is 0.0610. The van der Waals surface area contributed by atoms with E-state index >= 15 is 4.39 Å². The number of aliphatic hydroxyl groups excluding tert-OH is 1. The van der Waals surface area contributed by atoms with Gasteiger partial charge in [-0.05, 0) is 77.4 Å². The lowest BCUT2D eigenvalue weighted by Gasteiger charge is -2.62. The van der Waals surface area contributed by atoms with Gasteiger partial charge in [0.25, 0.3) is 5.09 Å². The lowest BCUT2D eigenvalue weighted by molar-refractivity contribution is -0.757. The first-order chi connectivity index (χ1) is 21.5. The molecule has 4 aliphatic carbocycles. The molecule has 0 aromatic heterocycles. The Kier molecular flexibility index (Phi) is 8.97. The number of nitrogens with one attached hydrogen (secondary N) is 1. The standard InChI is InChI=1S/C32H43FN2O11/c1-28(2)45-25-15-22-21-10-9-19-14-20(36)11-12-29(19,3)31(21,33)23(37)16-30(22,4)32(25,46-28)24(38)18-43-27(40)17-34-26(39)8-6-5-7-13-44-35(41)42/h11-12,14,21-23,25,37H,5-10,13,15-18H2,1-4H3,(H,34,39)/t21-,22-,23-,25+,29-,30-,31-,32+/m0/s1. The molecular weight excluding hydrogens is 607 g/mol. The average Bonchev–Trinajstić information content (AvgIpc) is 3.39. The summed E-state index contributed by atoms with van der Waals surface area (Å²) in [5, 5.41) is 23.4. The first kappa shape index (κ1) is 34.1. The Labute approximate surface area is 266 Å². The number of aliphatic hydroxyl groups is 1. The monoisotopic (exact) mass is 650 g/mol. The van der Waals surface area contributed by atoms with E-state index in [0.29, 0.717) is 44.1 Å². The maximum Gasteiger partial charge on any atom is 0.325 e. The highest BCUT2D eigenvalue weighted by Crippen LogP contribution is 2.72. The van der Waals surface area contributed by atoms with Crippen LogP contribution in [0.1, 0.15) is 79.1 Å². The lowest BCUT2D eigenvalue weighted by atomic mass is 9.44. The first-order valence-electron chi connectivity index (χ1n) is 15.9. The van der Waals surface area contributed by atoms with Gasteiger partial charge in [0.05, 0.1) is 18.8 Å². The Morgan fingerprint density at radius 1 is 1.17 bits per heavy atom. The van der Waals surface area contributed by atoms with Crippen molar-refractivity contribution in [1.82, 2.24) is 5.32 Å². The summed E-state index contributed by atoms with van der Waals surface area (Å²) < 4.78 is 35.5. The largest absolute Gasteiger partial charge is 0.456 e. The summed E-state index contributed by atoms with van der Waals surface area (Å²) in [5.74, 6) is -4.27. The fourth-order valence-corrected chi connectivity index (χ4v) is 9.08. The van der Waals surface area contributed by atoms with Crippen LogP contribution in [0.4, 0.5) is 4.39 Å². The molecule has 1 amide bonds. The number of carbonyl (C=O) groups excluding carboxylic acids is 4. The van der Waals surface area contributed by atoms with E-state index in [1.54, 1.807) is 26.8 Å². The summed E-state index contributed by atoms with van der Waals surface area (Å²) in [7, 11) is 0. The van der Waals surface area contributed by atoms with Crippen molar-refractivity contribution in [3.05, 3.63) is 33.9 Å². The summed E-state index contributed by atoms with van der Waals surface area (Å²) in [6, 6.07) is 0. The summed E-state index contributed by atoms with van der Waals surface area (Å²) in [6.07, 6.45) is 4.63. The first-order valence-corrected chi connectivity index (χ1v) is 15.9. The van der Waals surface area contributed by atoms with Crippen LogP contribution in [-0.4, -0.2) is 82.7 Å². The maximum absolute atomic E-state index is 17.5. The van der Waals surface area contributed by atoms with Crippen molar-refractivity contribution in [3.8, 4) is 0 Å². The summed E-state index contributed by atoms with van der Waals surface area (Å²) in [4.78, 5) is 65.3. The zero-order chi connectivity index (χ0) is 33.7. The summed E-state index contributed by atoms with van der Waals surface area (Å²) in [5.41, 5.74) is -5.32. The van der Waals surface area contributed by atoms with Crippen molar-refractivity contribution in [2.75, 3.05) is 19.8 Å². The molecule has 0 unspecified atom stereocenters. The molecule has 2 N–H and O–H groups in total. The third kappa shape index (κ3) is 5.45. The Morgan fingerprint density at radius 2 is 1.91 bits per heavy atom. The van der Waals surface area contributed by atoms with Crippen LogP contribution in [0, 0.1) is 32.8 Å². The van der Waals surface area contributed by atoms with Gasteiger partial charge in [-0.25, -0.2) is 4.39 Å². The van der Waals surface area contributed by atoms with Crippen LogP contribution in [0.3, 0.4) is 0 Å². The van der Waals surface area contributed by atoms with Crippen LogP contribution >= 0.6 is 0 Å². The number of hydrogen-bond acceptors (Lipinski definition) is 11. The lowest BCUT2D eigenvalue weighted by Crippen LogP contribution is -2.70. The zero-order valence-corrected chi connectivity index (χ0v) is 26.7. The van der Waals surface area contributed by atoms with Gasteiger partial charge in [-0.2, -0.15) is 0 Å². The van der Waals surface area contributed by atoms with Crippen LogP contribution < -0.4 is 5.32 Å². The number of fused-ring (bicyclic) bond motifs is 7. The van der Waals surface area contributed by atoms with Gasteiger partial charge in [0.1, 0.15) is 6.54 Å². The number of ketones is 2. The summed E-state index contributed by atoms with van der Waals surface area (Å²) >= 11 is 0. The van der Waals surface area contributed by atoms with Gasteiger partial charge in [-0.15, -0.1) is 10.1 Å². The number of hydrogen-bond donors (Lipinski definition) is 2. The molecule has 13 nitrogen and oxygen atoms in total. The van der Waals surface area contributed by atoms with Crippen LogP contribution in [0.2, 0.25) is 0 Å². The number of alkyl halides is 1. The second-order valence-electron chi connectivity index (χ2n) is 14.1. The van der Waals surface area contributed by atoms with Gasteiger partial charge in [0.15, 0.2) is 29.4 Å². The van der Waals surface area contributed by atoms with Crippen molar-refractivity contribution in [2.45, 2.75) is 108 Å². The number of carbonyl (C=O) groups is 4. The fraction of sp³-hybridized carbons (Fsp3) is 0.750. The molecule has 5 rings (SSSR count). The third-order valence-electron chi connectivity index (χ3n) is 11.1. The van der Waals surface area contributed by atoms with E-state index in [0.717, 1.165) is 0 Å². The number of unbranched alkanes of at least 4 members (excludes halogenated alkanes) is 2. The molecule has 254 valence electrons. The van der Waals surface area contributed by atoms with Crippen molar-refractivity contribution < 1.29 is 52.8 Å². The van der Waals surface area contributed by atoms with E-state index in [9.17, 15) is 34.4 Å². The zero-order valence-electron chi connectivity index (χ0n) is 26.7. The number of amides is 1. The topological polar surface area (TPSA) is 181 Å². The Hall–Kier alpha value is -3.23. The second-order valence-corrected chi connectivity index (χ2v) is 14.1. The SMILES string of the molecule is CC1(C)O[C@@H]2C[C@H]3[C@@H]4CCC5=CC(=O)C=C[C@]5(C)[C@@]4(F)[C@@H](O)C[C@]3(C)[C@]2(C(=O)COC(=O)CNC(=O)CCCCCO[N+](=O)[O-])O1. The van der Waals surface area contributed by atoms with E-state index in [4.69, 9.17) is 14.2 Å². The van der Waals surface area contributed by atoms with Gasteiger partial charge >= 0.3 is 5.97 Å². The van der Waals surface area contributed by atoms with Crippen LogP contribution in [0.15, 0.2) is 23.8 Å². The molecule has 0 bridgehead atoms. The average molecular weight is 651 g/mol. The fourth-order valence-electron chi connectivity index (χ4n) is 9.08. The van der Waals surface area contributed by atoms with Crippen molar-refractivity contribution in [3.63, 3.8) is 0 Å². The van der Waals surface area contributed by atoms with E-state index in [-0.39, 0.29) is 25.2 Å². The number of allylic oxidation sites excluding steroid dienone is 4. The number of rotatable bonds is 12. The minimum Gasteiger partial charge on any atom is -0.456 e. The molecule has 14 heteroatoms. The molecule has 3 saturated carbocycles. The minimum atomic E-state index is -2.09. The number of halogens is 1. The molecule has 8 atom stereocenters. The number of ether oxygens (including phenoxy) is 3. The molecule has 1 aliphatic heterocycles. The smallest absolute Gasteiger partial charge is 0.325 e. The van der Waals surface area contributed by atoms with Gasteiger partial charge in [0, 0.05) is 23.2 Å². The van der Waals surface area contributed by atoms with Crippen molar-refractivity contribution in [2.24, 2.45) is 22.7 Å². The molecule has 0 radical (unpaired) electrons. The van der Waals surface area contributed by atoms with Crippen molar-refractivity contribution in [1.29, 1.82) is 0 Å². The van der Waals surface area contributed by atoms with Gasteiger partial charge in [-0.3, -0.25) is 19.2 Å². The summed E-state index contributed by atoms with van der Waals surface area (Å²) in [6.45, 7) is 5.70. The molecule has 5 aliphatic rings. The molecule has 46 heavy (non-hydrogen) atoms. The predicted molar refractivity (Wildman–Crippen MR) is 157 cm³/mol. The third-order valence-corrected chi connectivity index (χ3v) is 11.1. The quantitative estimate of drug-likeness (QED) is 0.137. The molecule has 4 fully saturated rings. The molecule has 0 aromatic carbocycles. The van der Waals surface area contributed by atoms with Crippen LogP contribution in [-0.2, 0) is 38.2 Å². The Balaban J connectivity index is 1.26. The predicted octanol–water partition coefficient (Wildman–Crippen LogP) is 2.85. The van der Waals surface area contributed by atoms with E-state index in [2.05, 4.69) is 10.2 Å². The highest BCUT2D eigenvalue weighted by atomic mass is 19.1. The van der Waals surface area contributed by atoms with Gasteiger partial charge in [0.2, 0.25) is 11.7 Å². The Bertz CT molecular complexity index is 1360. The van der Waals surface area contributed by atoms with Crippen molar-refractivity contribution >= 4 is 23.4 Å². The highest BCUT2D eigenvalue weighted by Gasteiger charge is 2.80. The molecule has 1 saturated heterocycles. The van der Waals surface area contributed by atoms with E-state index < -0.39 is 87.8 Å². The van der Waals surface area contributed by atoms with E-state index in [1.165, 1.54) is 12.2 Å². The second kappa shape index (κ2) is 12.1. The molecular formula is C32H43FN2O11. The number of Topliss-reactive ketones (excluding diaryl/α,β-unsaturated/α-hetero) is 1. The van der Waals surface area contributed by atoms with E-state index in [1.807, 2.05) is 6.92 Å². The van der Waals surface area contributed by atoms with Crippen LogP contribution in [0.25, 0.3) is 0 Å². The molecule has 1 heterocycles.